The summed E-state index contributed by atoms with van der Waals surface area (Å²) in [6, 6.07) is 6.87. The molecule has 7 nitrogen and oxygen atoms in total. The number of sulfonamides is 1. The van der Waals surface area contributed by atoms with E-state index in [-0.39, 0.29) is 23.5 Å². The number of aliphatic hydroxyl groups is 1. The van der Waals surface area contributed by atoms with Gasteiger partial charge in [-0.05, 0) is 63.6 Å². The van der Waals surface area contributed by atoms with Gasteiger partial charge in [0.25, 0.3) is 0 Å². The molecule has 29 heavy (non-hydrogen) atoms. The predicted octanol–water partition coefficient (Wildman–Crippen LogP) is 2.93. The van der Waals surface area contributed by atoms with E-state index in [1.807, 2.05) is 13.0 Å². The minimum absolute atomic E-state index is 0.0889. The molecule has 8 heteroatoms. The molecular weight excluding hydrogens is 392 g/mol. The van der Waals surface area contributed by atoms with E-state index in [9.17, 15) is 18.3 Å². The first-order chi connectivity index (χ1) is 13.5. The SMILES string of the molecule is CCC(CO)Cc1cccc(S(=O)(=O)N2CCC(NC(=O)OC(C)(C)C)CC2)c1. The summed E-state index contributed by atoms with van der Waals surface area (Å²) < 4.78 is 32.8. The number of piperidine rings is 1. The van der Waals surface area contributed by atoms with Crippen molar-refractivity contribution in [2.45, 2.75) is 69.9 Å². The van der Waals surface area contributed by atoms with Gasteiger partial charge in [-0.15, -0.1) is 0 Å². The van der Waals surface area contributed by atoms with Crippen LogP contribution in [0.15, 0.2) is 29.2 Å². The molecule has 1 unspecified atom stereocenters. The van der Waals surface area contributed by atoms with Gasteiger partial charge in [-0.3, -0.25) is 0 Å². The highest BCUT2D eigenvalue weighted by Gasteiger charge is 2.31. The Morgan fingerprint density at radius 1 is 1.31 bits per heavy atom. The first-order valence-corrected chi connectivity index (χ1v) is 11.7. The number of nitrogens with zero attached hydrogens (tertiary/aromatic N) is 1. The normalized spacial score (nSPS) is 17.7. The first-order valence-electron chi connectivity index (χ1n) is 10.2. The van der Waals surface area contributed by atoms with Gasteiger partial charge in [-0.25, -0.2) is 13.2 Å². The standard InChI is InChI=1S/C21H34N2O5S/c1-5-16(15-24)13-17-7-6-8-19(14-17)29(26,27)23-11-9-18(10-12-23)22-20(25)28-21(2,3)4/h6-8,14,16,18,24H,5,9-13,15H2,1-4H3,(H,22,25). The lowest BCUT2D eigenvalue weighted by molar-refractivity contribution is 0.0489. The molecule has 1 heterocycles. The van der Waals surface area contributed by atoms with E-state index in [0.29, 0.717) is 32.4 Å². The average molecular weight is 427 g/mol. The molecule has 2 N–H and O–H groups in total. The molecule has 1 atom stereocenters. The maximum Gasteiger partial charge on any atom is 0.407 e. The molecule has 0 spiro atoms. The monoisotopic (exact) mass is 426 g/mol. The van der Waals surface area contributed by atoms with E-state index < -0.39 is 21.7 Å². The molecule has 0 aliphatic carbocycles. The molecule has 1 aliphatic heterocycles. The predicted molar refractivity (Wildman–Crippen MR) is 112 cm³/mol. The average Bonchev–Trinajstić information content (AvgIpc) is 2.65. The number of rotatable bonds is 7. The fourth-order valence-electron chi connectivity index (χ4n) is 3.37. The van der Waals surface area contributed by atoms with Crippen molar-refractivity contribution >= 4 is 16.1 Å². The lowest BCUT2D eigenvalue weighted by atomic mass is 9.98. The summed E-state index contributed by atoms with van der Waals surface area (Å²) in [6.07, 6.45) is 2.10. The van der Waals surface area contributed by atoms with Crippen LogP contribution in [0.4, 0.5) is 4.79 Å². The molecule has 0 aromatic heterocycles. The number of alkyl carbamates (subject to hydrolysis) is 1. The summed E-state index contributed by atoms with van der Waals surface area (Å²) in [7, 11) is -3.59. The van der Waals surface area contributed by atoms with Gasteiger partial charge in [0, 0.05) is 25.7 Å². The number of carbonyl (C=O) groups is 1. The molecule has 1 aromatic carbocycles. The molecule has 1 saturated heterocycles. The van der Waals surface area contributed by atoms with E-state index >= 15 is 0 Å². The summed E-state index contributed by atoms with van der Waals surface area (Å²) in [5.74, 6) is 0.127. The van der Waals surface area contributed by atoms with Gasteiger partial charge < -0.3 is 15.2 Å². The molecule has 164 valence electrons. The summed E-state index contributed by atoms with van der Waals surface area (Å²) in [4.78, 5) is 12.2. The number of nitrogens with one attached hydrogen (secondary N) is 1. The minimum Gasteiger partial charge on any atom is -0.444 e. The zero-order chi connectivity index (χ0) is 21.7. The molecule has 1 aliphatic rings. The second-order valence-corrected chi connectivity index (χ2v) is 10.6. The van der Waals surface area contributed by atoms with Crippen LogP contribution in [0.1, 0.15) is 52.5 Å². The van der Waals surface area contributed by atoms with Crippen LogP contribution < -0.4 is 5.32 Å². The van der Waals surface area contributed by atoms with Crippen molar-refractivity contribution in [1.29, 1.82) is 0 Å². The second-order valence-electron chi connectivity index (χ2n) is 8.63. The van der Waals surface area contributed by atoms with Crippen molar-refractivity contribution in [2.75, 3.05) is 19.7 Å². The third kappa shape index (κ3) is 6.97. The molecule has 1 aromatic rings. The second kappa shape index (κ2) is 9.91. The van der Waals surface area contributed by atoms with Crippen LogP contribution in [0.5, 0.6) is 0 Å². The molecule has 1 fully saturated rings. The quantitative estimate of drug-likeness (QED) is 0.699. The molecule has 0 saturated carbocycles. The number of amides is 1. The van der Waals surface area contributed by atoms with Crippen LogP contribution >= 0.6 is 0 Å². The maximum absolute atomic E-state index is 13.0. The van der Waals surface area contributed by atoms with Gasteiger partial charge in [-0.1, -0.05) is 25.5 Å². The summed E-state index contributed by atoms with van der Waals surface area (Å²) in [5.41, 5.74) is 0.347. The van der Waals surface area contributed by atoms with Crippen LogP contribution in [0.3, 0.4) is 0 Å². The first kappa shape index (κ1) is 23.6. The van der Waals surface area contributed by atoms with Crippen LogP contribution in [-0.2, 0) is 21.2 Å². The molecule has 2 rings (SSSR count). The lowest BCUT2D eigenvalue weighted by Gasteiger charge is -2.32. The highest BCUT2D eigenvalue weighted by molar-refractivity contribution is 7.89. The van der Waals surface area contributed by atoms with E-state index in [4.69, 9.17) is 4.74 Å². The number of ether oxygens (including phenoxy) is 1. The topological polar surface area (TPSA) is 95.9 Å². The van der Waals surface area contributed by atoms with Gasteiger partial charge in [0.2, 0.25) is 10.0 Å². The Kier molecular flexibility index (Phi) is 8.08. The van der Waals surface area contributed by atoms with Crippen LogP contribution in [0, 0.1) is 5.92 Å². The van der Waals surface area contributed by atoms with E-state index in [1.165, 1.54) is 4.31 Å². The highest BCUT2D eigenvalue weighted by Crippen LogP contribution is 2.23. The molecule has 1 amide bonds. The Morgan fingerprint density at radius 3 is 2.52 bits per heavy atom. The number of benzene rings is 1. The Balaban J connectivity index is 1.98. The Morgan fingerprint density at radius 2 is 1.97 bits per heavy atom. The third-order valence-electron chi connectivity index (χ3n) is 5.07. The fraction of sp³-hybridized carbons (Fsp3) is 0.667. The molecule has 0 radical (unpaired) electrons. The molecular formula is C21H34N2O5S. The van der Waals surface area contributed by atoms with E-state index in [0.717, 1.165) is 12.0 Å². The van der Waals surface area contributed by atoms with Crippen LogP contribution in [0.25, 0.3) is 0 Å². The van der Waals surface area contributed by atoms with Crippen molar-refractivity contribution < 1.29 is 23.1 Å². The number of aliphatic hydroxyl groups excluding tert-OH is 1. The van der Waals surface area contributed by atoms with Crippen LogP contribution in [0.2, 0.25) is 0 Å². The number of hydrogen-bond acceptors (Lipinski definition) is 5. The highest BCUT2D eigenvalue weighted by atomic mass is 32.2. The Labute approximate surface area is 174 Å². The Hall–Kier alpha value is -1.64. The van der Waals surface area contributed by atoms with Crippen LogP contribution in [-0.4, -0.2) is 55.3 Å². The van der Waals surface area contributed by atoms with Gasteiger partial charge in [0.1, 0.15) is 5.60 Å². The van der Waals surface area contributed by atoms with E-state index in [1.54, 1.807) is 39.0 Å². The zero-order valence-electron chi connectivity index (χ0n) is 17.8. The van der Waals surface area contributed by atoms with Gasteiger partial charge in [0.15, 0.2) is 0 Å². The van der Waals surface area contributed by atoms with Crippen molar-refractivity contribution in [3.63, 3.8) is 0 Å². The van der Waals surface area contributed by atoms with Crippen molar-refractivity contribution in [3.8, 4) is 0 Å². The number of carbonyl (C=O) groups excluding carboxylic acids is 1. The summed E-state index contributed by atoms with van der Waals surface area (Å²) in [6.45, 7) is 8.21. The van der Waals surface area contributed by atoms with Gasteiger partial charge in [0.05, 0.1) is 4.90 Å². The van der Waals surface area contributed by atoms with Gasteiger partial charge >= 0.3 is 6.09 Å². The van der Waals surface area contributed by atoms with Gasteiger partial charge in [-0.2, -0.15) is 4.31 Å². The zero-order valence-corrected chi connectivity index (χ0v) is 18.7. The minimum atomic E-state index is -3.59. The maximum atomic E-state index is 13.0. The third-order valence-corrected chi connectivity index (χ3v) is 6.97. The summed E-state index contributed by atoms with van der Waals surface area (Å²) >= 11 is 0. The lowest BCUT2D eigenvalue weighted by Crippen LogP contribution is -2.47. The van der Waals surface area contributed by atoms with E-state index in [2.05, 4.69) is 5.32 Å². The van der Waals surface area contributed by atoms with Crippen molar-refractivity contribution in [3.05, 3.63) is 29.8 Å². The smallest absolute Gasteiger partial charge is 0.407 e. The van der Waals surface area contributed by atoms with Crippen molar-refractivity contribution in [2.24, 2.45) is 5.92 Å². The molecule has 0 bridgehead atoms. The van der Waals surface area contributed by atoms with Crippen molar-refractivity contribution in [1.82, 2.24) is 9.62 Å². The largest absolute Gasteiger partial charge is 0.444 e. The number of hydrogen-bond donors (Lipinski definition) is 2. The fourth-order valence-corrected chi connectivity index (χ4v) is 4.91. The summed E-state index contributed by atoms with van der Waals surface area (Å²) in [5, 5.41) is 12.2. The Bertz CT molecular complexity index is 777.